The van der Waals surface area contributed by atoms with Gasteiger partial charge in [-0.25, -0.2) is 4.79 Å². The molecule has 1 fully saturated rings. The second kappa shape index (κ2) is 7.03. The molecule has 1 N–H and O–H groups in total. The summed E-state index contributed by atoms with van der Waals surface area (Å²) < 4.78 is 0. The van der Waals surface area contributed by atoms with Gasteiger partial charge < -0.3 is 10.0 Å². The van der Waals surface area contributed by atoms with Gasteiger partial charge in [-0.05, 0) is 49.8 Å². The number of aromatic nitrogens is 3. The number of carbonyl (C=O) groups is 1. The van der Waals surface area contributed by atoms with Crippen LogP contribution in [0.2, 0.25) is 0 Å². The lowest BCUT2D eigenvalue weighted by molar-refractivity contribution is 0.0690. The molecule has 0 spiro atoms. The minimum atomic E-state index is -1.03. The summed E-state index contributed by atoms with van der Waals surface area (Å²) in [5, 5.41) is 18.3. The Balaban J connectivity index is 1.99. The van der Waals surface area contributed by atoms with Gasteiger partial charge in [-0.1, -0.05) is 26.0 Å². The van der Waals surface area contributed by atoms with Crippen LogP contribution in [0.5, 0.6) is 0 Å². The molecule has 1 aromatic heterocycles. The lowest BCUT2D eigenvalue weighted by Crippen LogP contribution is -2.40. The van der Waals surface area contributed by atoms with E-state index < -0.39 is 5.97 Å². The summed E-state index contributed by atoms with van der Waals surface area (Å²) in [6, 6.07) is 8.25. The molecule has 1 unspecified atom stereocenters. The lowest BCUT2D eigenvalue weighted by atomic mass is 10.00. The van der Waals surface area contributed by atoms with E-state index in [1.807, 2.05) is 24.3 Å². The molecule has 0 amide bonds. The zero-order chi connectivity index (χ0) is 17.1. The van der Waals surface area contributed by atoms with Crippen molar-refractivity contribution in [1.29, 1.82) is 0 Å². The summed E-state index contributed by atoms with van der Waals surface area (Å²) in [4.78, 5) is 15.2. The minimum absolute atomic E-state index is 0.0370. The van der Waals surface area contributed by atoms with Gasteiger partial charge in [-0.15, -0.1) is 15.0 Å². The Bertz CT molecular complexity index is 708. The number of aryl methyl sites for hydroxylation is 1. The topological polar surface area (TPSA) is 71.2 Å². The molecule has 3 rings (SSSR count). The summed E-state index contributed by atoms with van der Waals surface area (Å²) in [6.45, 7) is 5.08. The number of rotatable bonds is 5. The van der Waals surface area contributed by atoms with Crippen molar-refractivity contribution in [3.05, 3.63) is 35.5 Å². The van der Waals surface area contributed by atoms with Gasteiger partial charge in [0.15, 0.2) is 5.82 Å². The molecule has 6 nitrogen and oxygen atoms in total. The van der Waals surface area contributed by atoms with E-state index in [0.717, 1.165) is 37.9 Å². The number of piperidine rings is 1. The molecule has 24 heavy (non-hydrogen) atoms. The lowest BCUT2D eigenvalue weighted by Gasteiger charge is -2.35. The van der Waals surface area contributed by atoms with E-state index in [9.17, 15) is 9.90 Å². The van der Waals surface area contributed by atoms with E-state index in [4.69, 9.17) is 0 Å². The van der Waals surface area contributed by atoms with Crippen LogP contribution in [0.3, 0.4) is 0 Å². The molecule has 1 aromatic carbocycles. The van der Waals surface area contributed by atoms with Crippen molar-refractivity contribution in [2.24, 2.45) is 0 Å². The Morgan fingerprint density at radius 2 is 1.96 bits per heavy atom. The molecule has 1 aliphatic heterocycles. The Labute approximate surface area is 142 Å². The Kier molecular flexibility index (Phi) is 4.83. The Morgan fingerprint density at radius 1 is 1.21 bits per heavy atom. The van der Waals surface area contributed by atoms with Gasteiger partial charge in [0.25, 0.3) is 0 Å². The third-order valence-electron chi connectivity index (χ3n) is 4.74. The maximum absolute atomic E-state index is 11.7. The third-order valence-corrected chi connectivity index (χ3v) is 4.74. The van der Waals surface area contributed by atoms with E-state index in [2.05, 4.69) is 28.9 Å². The van der Waals surface area contributed by atoms with Crippen molar-refractivity contribution in [2.45, 2.75) is 52.0 Å². The number of aromatic carboxylic acids is 1. The van der Waals surface area contributed by atoms with Crippen LogP contribution in [0, 0.1) is 0 Å². The number of hydrogen-bond donors (Lipinski definition) is 1. The van der Waals surface area contributed by atoms with Gasteiger partial charge in [-0.3, -0.25) is 0 Å². The highest BCUT2D eigenvalue weighted by Crippen LogP contribution is 2.27. The average Bonchev–Trinajstić information content (AvgIpc) is 3.07. The number of nitrogens with zero attached hydrogens (tertiary/aromatic N) is 4. The number of carboxylic acids is 1. The van der Waals surface area contributed by atoms with E-state index >= 15 is 0 Å². The quantitative estimate of drug-likeness (QED) is 0.912. The second-order valence-corrected chi connectivity index (χ2v) is 6.24. The Morgan fingerprint density at radius 3 is 2.58 bits per heavy atom. The van der Waals surface area contributed by atoms with Crippen molar-refractivity contribution >= 4 is 11.8 Å². The van der Waals surface area contributed by atoms with Crippen LogP contribution in [0.1, 0.15) is 55.6 Å². The maximum atomic E-state index is 11.7. The fraction of sp³-hybridized carbons (Fsp3) is 0.500. The molecule has 0 radical (unpaired) electrons. The first kappa shape index (κ1) is 16.5. The van der Waals surface area contributed by atoms with Crippen LogP contribution in [0.25, 0.3) is 5.69 Å². The van der Waals surface area contributed by atoms with Crippen LogP contribution in [0.15, 0.2) is 24.3 Å². The molecule has 0 bridgehead atoms. The maximum Gasteiger partial charge on any atom is 0.360 e. The average molecular weight is 328 g/mol. The van der Waals surface area contributed by atoms with Gasteiger partial charge in [0.05, 0.1) is 5.69 Å². The fourth-order valence-corrected chi connectivity index (χ4v) is 3.32. The molecule has 6 heteroatoms. The molecule has 0 aliphatic carbocycles. The van der Waals surface area contributed by atoms with Crippen LogP contribution < -0.4 is 4.90 Å². The molecular formula is C18H24N4O2. The van der Waals surface area contributed by atoms with E-state index in [1.54, 1.807) is 0 Å². The smallest absolute Gasteiger partial charge is 0.360 e. The van der Waals surface area contributed by atoms with Gasteiger partial charge in [0.1, 0.15) is 0 Å². The second-order valence-electron chi connectivity index (χ2n) is 6.24. The van der Waals surface area contributed by atoms with Crippen LogP contribution in [-0.2, 0) is 6.42 Å². The predicted molar refractivity (Wildman–Crippen MR) is 93.0 cm³/mol. The third kappa shape index (κ3) is 3.13. The van der Waals surface area contributed by atoms with E-state index in [1.165, 1.54) is 16.8 Å². The number of benzene rings is 1. The van der Waals surface area contributed by atoms with Crippen LogP contribution >= 0.6 is 0 Å². The zero-order valence-electron chi connectivity index (χ0n) is 14.3. The molecule has 1 aliphatic rings. The van der Waals surface area contributed by atoms with Gasteiger partial charge in [-0.2, -0.15) is 0 Å². The van der Waals surface area contributed by atoms with E-state index in [-0.39, 0.29) is 5.69 Å². The number of carboxylic acid groups (broad SMARTS) is 1. The summed E-state index contributed by atoms with van der Waals surface area (Å²) in [5.41, 5.74) is 2.05. The number of anilines is 1. The van der Waals surface area contributed by atoms with Crippen LogP contribution in [0.4, 0.5) is 5.82 Å². The van der Waals surface area contributed by atoms with Gasteiger partial charge in [0.2, 0.25) is 5.69 Å². The summed E-state index contributed by atoms with van der Waals surface area (Å²) in [5.74, 6) is -0.532. The van der Waals surface area contributed by atoms with Crippen molar-refractivity contribution in [3.63, 3.8) is 0 Å². The summed E-state index contributed by atoms with van der Waals surface area (Å²) >= 11 is 0. The van der Waals surface area contributed by atoms with Crippen molar-refractivity contribution in [1.82, 2.24) is 15.0 Å². The van der Waals surface area contributed by atoms with Crippen molar-refractivity contribution < 1.29 is 9.90 Å². The van der Waals surface area contributed by atoms with Gasteiger partial charge >= 0.3 is 5.97 Å². The normalized spacial score (nSPS) is 17.9. The van der Waals surface area contributed by atoms with Gasteiger partial charge in [0, 0.05) is 12.6 Å². The monoisotopic (exact) mass is 328 g/mol. The first-order valence-electron chi connectivity index (χ1n) is 8.70. The first-order chi connectivity index (χ1) is 11.6. The first-order valence-corrected chi connectivity index (χ1v) is 8.70. The standard InChI is InChI=1S/C18H24N4O2/c1-3-13-8-10-15(11-9-13)22-19-16(18(23)24)17(20-22)21-12-6-5-7-14(21)4-2/h8-11,14H,3-7,12H2,1-2H3,(H,23,24). The molecule has 0 saturated carbocycles. The summed E-state index contributed by atoms with van der Waals surface area (Å²) in [7, 11) is 0. The summed E-state index contributed by atoms with van der Waals surface area (Å²) in [6.07, 6.45) is 5.27. The molecule has 1 saturated heterocycles. The zero-order valence-corrected chi connectivity index (χ0v) is 14.3. The highest BCUT2D eigenvalue weighted by atomic mass is 16.4. The fourth-order valence-electron chi connectivity index (χ4n) is 3.32. The molecule has 128 valence electrons. The van der Waals surface area contributed by atoms with E-state index in [0.29, 0.717) is 11.9 Å². The SMILES string of the molecule is CCc1ccc(-n2nc(C(=O)O)c(N3CCCCC3CC)n2)cc1. The van der Waals surface area contributed by atoms with Crippen LogP contribution in [-0.4, -0.2) is 38.7 Å². The predicted octanol–water partition coefficient (Wildman–Crippen LogP) is 3.30. The van der Waals surface area contributed by atoms with Crippen molar-refractivity contribution in [2.75, 3.05) is 11.4 Å². The Hall–Kier alpha value is -2.37. The largest absolute Gasteiger partial charge is 0.476 e. The molecule has 2 heterocycles. The molecule has 2 aromatic rings. The highest BCUT2D eigenvalue weighted by molar-refractivity contribution is 5.91. The minimum Gasteiger partial charge on any atom is -0.476 e. The highest BCUT2D eigenvalue weighted by Gasteiger charge is 2.29. The molecular weight excluding hydrogens is 304 g/mol. The molecule has 1 atom stereocenters. The number of hydrogen-bond acceptors (Lipinski definition) is 4. The van der Waals surface area contributed by atoms with Crippen molar-refractivity contribution in [3.8, 4) is 5.69 Å².